The molecule has 1 heterocycles. The molecule has 0 spiro atoms. The quantitative estimate of drug-likeness (QED) is 0.763. The van der Waals surface area contributed by atoms with Crippen LogP contribution in [-0.2, 0) is 4.74 Å². The van der Waals surface area contributed by atoms with Crippen LogP contribution in [0.2, 0.25) is 0 Å². The van der Waals surface area contributed by atoms with Gasteiger partial charge in [0.05, 0.1) is 26.4 Å². The Balaban J connectivity index is 1.55. The molecule has 3 heteroatoms. The fourth-order valence-corrected chi connectivity index (χ4v) is 2.28. The molecule has 1 aliphatic heterocycles. The van der Waals surface area contributed by atoms with Crippen LogP contribution >= 0.6 is 0 Å². The standard InChI is InChI=1S/C15H23NO2/c1-14-5-4-6-15(13-14)18-10-3-2-7-16-8-11-17-12-9-16/h4-6,13H,2-3,7-12H2,1H3/p+1. The minimum Gasteiger partial charge on any atom is -0.494 e. The van der Waals surface area contributed by atoms with Gasteiger partial charge in [0.2, 0.25) is 0 Å². The molecule has 100 valence electrons. The monoisotopic (exact) mass is 250 g/mol. The number of morpholine rings is 1. The second kappa shape index (κ2) is 7.39. The summed E-state index contributed by atoms with van der Waals surface area (Å²) in [5.41, 5.74) is 1.25. The van der Waals surface area contributed by atoms with Crippen LogP contribution in [0, 0.1) is 6.92 Å². The first-order valence-corrected chi connectivity index (χ1v) is 6.95. The Morgan fingerprint density at radius 1 is 1.22 bits per heavy atom. The highest BCUT2D eigenvalue weighted by atomic mass is 16.5. The molecule has 1 saturated heterocycles. The van der Waals surface area contributed by atoms with Crippen LogP contribution < -0.4 is 9.64 Å². The summed E-state index contributed by atoms with van der Waals surface area (Å²) in [7, 11) is 0. The second-order valence-electron chi connectivity index (χ2n) is 4.98. The van der Waals surface area contributed by atoms with E-state index in [4.69, 9.17) is 9.47 Å². The third kappa shape index (κ3) is 4.67. The van der Waals surface area contributed by atoms with Gasteiger partial charge >= 0.3 is 0 Å². The van der Waals surface area contributed by atoms with E-state index in [1.165, 1.54) is 31.6 Å². The third-order valence-electron chi connectivity index (χ3n) is 3.38. The molecule has 3 nitrogen and oxygen atoms in total. The number of benzene rings is 1. The van der Waals surface area contributed by atoms with E-state index in [0.717, 1.165) is 32.0 Å². The summed E-state index contributed by atoms with van der Waals surface area (Å²) in [6.45, 7) is 8.35. The van der Waals surface area contributed by atoms with E-state index < -0.39 is 0 Å². The number of nitrogens with one attached hydrogen (secondary N) is 1. The van der Waals surface area contributed by atoms with E-state index in [2.05, 4.69) is 19.1 Å². The lowest BCUT2D eigenvalue weighted by atomic mass is 10.2. The lowest BCUT2D eigenvalue weighted by Gasteiger charge is -2.23. The zero-order valence-electron chi connectivity index (χ0n) is 11.3. The summed E-state index contributed by atoms with van der Waals surface area (Å²) in [4.78, 5) is 1.68. The van der Waals surface area contributed by atoms with Gasteiger partial charge in [-0.2, -0.15) is 0 Å². The molecule has 0 saturated carbocycles. The molecule has 1 N–H and O–H groups in total. The molecule has 0 aromatic heterocycles. The Morgan fingerprint density at radius 3 is 2.83 bits per heavy atom. The maximum absolute atomic E-state index is 5.74. The van der Waals surface area contributed by atoms with Crippen molar-refractivity contribution in [3.8, 4) is 5.75 Å². The fraction of sp³-hybridized carbons (Fsp3) is 0.600. The lowest BCUT2D eigenvalue weighted by Crippen LogP contribution is -3.14. The molecule has 1 fully saturated rings. The van der Waals surface area contributed by atoms with E-state index in [1.807, 2.05) is 12.1 Å². The lowest BCUT2D eigenvalue weighted by molar-refractivity contribution is -0.908. The van der Waals surface area contributed by atoms with Crippen LogP contribution in [0.15, 0.2) is 24.3 Å². The normalized spacial score (nSPS) is 16.7. The molecule has 0 bridgehead atoms. The summed E-state index contributed by atoms with van der Waals surface area (Å²) in [5.74, 6) is 0.994. The smallest absolute Gasteiger partial charge is 0.119 e. The molecule has 0 unspecified atom stereocenters. The number of quaternary nitrogens is 1. The molecular formula is C15H24NO2+. The number of rotatable bonds is 6. The van der Waals surface area contributed by atoms with E-state index >= 15 is 0 Å². The highest BCUT2D eigenvalue weighted by Gasteiger charge is 2.12. The third-order valence-corrected chi connectivity index (χ3v) is 3.38. The Hall–Kier alpha value is -1.06. The molecule has 18 heavy (non-hydrogen) atoms. The Bertz CT molecular complexity index is 348. The summed E-state index contributed by atoms with van der Waals surface area (Å²) >= 11 is 0. The van der Waals surface area contributed by atoms with Gasteiger partial charge in [-0.25, -0.2) is 0 Å². The van der Waals surface area contributed by atoms with Crippen molar-refractivity contribution in [1.82, 2.24) is 0 Å². The highest BCUT2D eigenvalue weighted by Crippen LogP contribution is 2.12. The second-order valence-corrected chi connectivity index (χ2v) is 4.98. The minimum atomic E-state index is 0.827. The van der Waals surface area contributed by atoms with Gasteiger partial charge in [-0.15, -0.1) is 0 Å². The number of unbranched alkanes of at least 4 members (excludes halogenated alkanes) is 1. The number of ether oxygens (including phenoxy) is 2. The average Bonchev–Trinajstić information content (AvgIpc) is 2.40. The summed E-state index contributed by atoms with van der Waals surface area (Å²) < 4.78 is 11.1. The van der Waals surface area contributed by atoms with Gasteiger partial charge in [0, 0.05) is 0 Å². The van der Waals surface area contributed by atoms with Crippen molar-refractivity contribution >= 4 is 0 Å². The van der Waals surface area contributed by atoms with Crippen molar-refractivity contribution in [3.05, 3.63) is 29.8 Å². The van der Waals surface area contributed by atoms with Crippen molar-refractivity contribution < 1.29 is 14.4 Å². The topological polar surface area (TPSA) is 22.9 Å². The van der Waals surface area contributed by atoms with Crippen LogP contribution in [0.25, 0.3) is 0 Å². The SMILES string of the molecule is Cc1cccc(OCCCC[NH+]2CCOCC2)c1. The molecule has 1 aromatic rings. The largest absolute Gasteiger partial charge is 0.494 e. The van der Waals surface area contributed by atoms with Gasteiger partial charge in [-0.3, -0.25) is 0 Å². The molecule has 0 radical (unpaired) electrons. The van der Waals surface area contributed by atoms with Gasteiger partial charge in [0.1, 0.15) is 18.8 Å². The predicted octanol–water partition coefficient (Wildman–Crippen LogP) is 1.07. The predicted molar refractivity (Wildman–Crippen MR) is 72.3 cm³/mol. The van der Waals surface area contributed by atoms with E-state index in [0.29, 0.717) is 0 Å². The van der Waals surface area contributed by atoms with E-state index in [1.54, 1.807) is 4.90 Å². The van der Waals surface area contributed by atoms with Crippen molar-refractivity contribution in [2.45, 2.75) is 19.8 Å². The van der Waals surface area contributed by atoms with E-state index in [-0.39, 0.29) is 0 Å². The van der Waals surface area contributed by atoms with E-state index in [9.17, 15) is 0 Å². The molecule has 1 aliphatic rings. The molecule has 1 aromatic carbocycles. The Kier molecular flexibility index (Phi) is 5.49. The van der Waals surface area contributed by atoms with Crippen LogP contribution in [-0.4, -0.2) is 39.5 Å². The first-order valence-electron chi connectivity index (χ1n) is 6.95. The molecule has 2 rings (SSSR count). The summed E-state index contributed by atoms with van der Waals surface area (Å²) in [5, 5.41) is 0. The summed E-state index contributed by atoms with van der Waals surface area (Å²) in [6, 6.07) is 8.25. The highest BCUT2D eigenvalue weighted by molar-refractivity contribution is 5.27. The zero-order valence-corrected chi connectivity index (χ0v) is 11.3. The van der Waals surface area contributed by atoms with Crippen molar-refractivity contribution in [1.29, 1.82) is 0 Å². The van der Waals surface area contributed by atoms with Crippen LogP contribution in [0.4, 0.5) is 0 Å². The molecule has 0 amide bonds. The van der Waals surface area contributed by atoms with Gasteiger partial charge in [0.25, 0.3) is 0 Å². The Morgan fingerprint density at radius 2 is 2.06 bits per heavy atom. The number of hydrogen-bond donors (Lipinski definition) is 1. The molecule has 0 atom stereocenters. The molecule has 0 aliphatic carbocycles. The fourth-order valence-electron chi connectivity index (χ4n) is 2.28. The van der Waals surface area contributed by atoms with Gasteiger partial charge in [-0.1, -0.05) is 12.1 Å². The van der Waals surface area contributed by atoms with Crippen molar-refractivity contribution in [2.75, 3.05) is 39.5 Å². The summed E-state index contributed by atoms with van der Waals surface area (Å²) in [6.07, 6.45) is 2.37. The van der Waals surface area contributed by atoms with Crippen LogP contribution in [0.5, 0.6) is 5.75 Å². The molecular weight excluding hydrogens is 226 g/mol. The zero-order chi connectivity index (χ0) is 12.6. The maximum atomic E-state index is 5.74. The first kappa shape index (κ1) is 13.4. The average molecular weight is 250 g/mol. The van der Waals surface area contributed by atoms with Gasteiger partial charge in [-0.05, 0) is 37.5 Å². The maximum Gasteiger partial charge on any atom is 0.119 e. The van der Waals surface area contributed by atoms with Crippen molar-refractivity contribution in [2.24, 2.45) is 0 Å². The number of aryl methyl sites for hydroxylation is 1. The van der Waals surface area contributed by atoms with Crippen LogP contribution in [0.3, 0.4) is 0 Å². The first-order chi connectivity index (χ1) is 8.84. The van der Waals surface area contributed by atoms with Crippen molar-refractivity contribution in [3.63, 3.8) is 0 Å². The van der Waals surface area contributed by atoms with Gasteiger partial charge in [0.15, 0.2) is 0 Å². The Labute approximate surface area is 110 Å². The van der Waals surface area contributed by atoms with Crippen LogP contribution in [0.1, 0.15) is 18.4 Å². The number of hydrogen-bond acceptors (Lipinski definition) is 2. The minimum absolute atomic E-state index is 0.827. The van der Waals surface area contributed by atoms with Gasteiger partial charge < -0.3 is 14.4 Å².